The van der Waals surface area contributed by atoms with E-state index in [0.29, 0.717) is 5.75 Å². The van der Waals surface area contributed by atoms with Gasteiger partial charge < -0.3 is 14.9 Å². The van der Waals surface area contributed by atoms with Crippen molar-refractivity contribution in [2.75, 3.05) is 0 Å². The first-order valence-corrected chi connectivity index (χ1v) is 7.44. The van der Waals surface area contributed by atoms with Crippen molar-refractivity contribution in [1.82, 2.24) is 0 Å². The van der Waals surface area contributed by atoms with Crippen molar-refractivity contribution in [2.45, 2.75) is 64.1 Å². The second-order valence-electron chi connectivity index (χ2n) is 7.36. The van der Waals surface area contributed by atoms with Crippen molar-refractivity contribution in [1.29, 1.82) is 0 Å². The predicted octanol–water partition coefficient (Wildman–Crippen LogP) is 3.51. The molecule has 0 amide bonds. The van der Waals surface area contributed by atoms with E-state index in [4.69, 9.17) is 4.74 Å². The highest BCUT2D eigenvalue weighted by molar-refractivity contribution is 5.51. The lowest BCUT2D eigenvalue weighted by molar-refractivity contribution is -0.0663. The highest BCUT2D eigenvalue weighted by Gasteiger charge is 2.49. The second-order valence-corrected chi connectivity index (χ2v) is 7.36. The molecule has 2 bridgehead atoms. The fraction of sp³-hybridized carbons (Fsp3) is 0.647. The lowest BCUT2D eigenvalue weighted by Gasteiger charge is -2.50. The summed E-state index contributed by atoms with van der Waals surface area (Å²) < 4.78 is 6.17. The molecule has 1 heterocycles. The van der Waals surface area contributed by atoms with Gasteiger partial charge in [-0.05, 0) is 70.6 Å². The van der Waals surface area contributed by atoms with Gasteiger partial charge in [-0.3, -0.25) is 0 Å². The first kappa shape index (κ1) is 13.7. The standard InChI is InChI=1S/C17H24O3/c1-10-7-13(18)15-11-9-17(4,20-14(15)8-10)6-5-12(11)16(2,3)19/h7-8,11-12,18-19H,5-6,9H2,1-4H3/t11-,12-,17-/m1/s1. The zero-order valence-electron chi connectivity index (χ0n) is 12.7. The quantitative estimate of drug-likeness (QED) is 0.825. The summed E-state index contributed by atoms with van der Waals surface area (Å²) in [6.07, 6.45) is 2.75. The molecule has 1 saturated carbocycles. The number of phenols is 1. The van der Waals surface area contributed by atoms with Crippen LogP contribution >= 0.6 is 0 Å². The maximum absolute atomic E-state index is 10.5. The number of benzene rings is 1. The SMILES string of the molecule is Cc1cc(O)c2c(c1)O[C@]1(C)CC[C@@H](C(C)(C)O)[C@H]2C1. The Morgan fingerprint density at radius 3 is 2.70 bits per heavy atom. The van der Waals surface area contributed by atoms with E-state index in [0.717, 1.165) is 36.1 Å². The summed E-state index contributed by atoms with van der Waals surface area (Å²) in [6.45, 7) is 7.86. The molecule has 2 aliphatic rings. The van der Waals surface area contributed by atoms with Crippen molar-refractivity contribution in [3.63, 3.8) is 0 Å². The third-order valence-electron chi connectivity index (χ3n) is 5.02. The molecule has 1 aromatic carbocycles. The predicted molar refractivity (Wildman–Crippen MR) is 78.3 cm³/mol. The number of aliphatic hydroxyl groups is 1. The number of fused-ring (bicyclic) bond motifs is 4. The molecule has 110 valence electrons. The van der Waals surface area contributed by atoms with Crippen molar-refractivity contribution < 1.29 is 14.9 Å². The van der Waals surface area contributed by atoms with Gasteiger partial charge in [0, 0.05) is 11.5 Å². The van der Waals surface area contributed by atoms with E-state index in [1.807, 2.05) is 26.8 Å². The molecule has 3 rings (SSSR count). The van der Waals surface area contributed by atoms with Gasteiger partial charge in [0.2, 0.25) is 0 Å². The number of aromatic hydroxyl groups is 1. The lowest BCUT2D eigenvalue weighted by Crippen LogP contribution is -2.49. The molecule has 1 aliphatic carbocycles. The van der Waals surface area contributed by atoms with Gasteiger partial charge in [0.05, 0.1) is 5.60 Å². The normalized spacial score (nSPS) is 32.5. The van der Waals surface area contributed by atoms with E-state index >= 15 is 0 Å². The van der Waals surface area contributed by atoms with Crippen LogP contribution in [0.5, 0.6) is 11.5 Å². The summed E-state index contributed by atoms with van der Waals surface area (Å²) in [5.74, 6) is 1.43. The molecule has 0 aromatic heterocycles. The van der Waals surface area contributed by atoms with E-state index in [1.54, 1.807) is 6.07 Å². The fourth-order valence-electron chi connectivity index (χ4n) is 4.08. The van der Waals surface area contributed by atoms with Crippen LogP contribution in [-0.2, 0) is 0 Å². The third kappa shape index (κ3) is 2.08. The number of phenolic OH excluding ortho intramolecular Hbond substituents is 1. The third-order valence-corrected chi connectivity index (χ3v) is 5.02. The number of rotatable bonds is 1. The van der Waals surface area contributed by atoms with Gasteiger partial charge in [-0.25, -0.2) is 0 Å². The molecule has 3 atom stereocenters. The zero-order chi connectivity index (χ0) is 14.7. The molecular weight excluding hydrogens is 252 g/mol. The molecule has 0 unspecified atom stereocenters. The van der Waals surface area contributed by atoms with Gasteiger partial charge in [0.1, 0.15) is 17.1 Å². The Morgan fingerprint density at radius 2 is 2.05 bits per heavy atom. The maximum atomic E-state index is 10.5. The van der Waals surface area contributed by atoms with E-state index in [9.17, 15) is 10.2 Å². The highest BCUT2D eigenvalue weighted by Crippen LogP contribution is 2.56. The van der Waals surface area contributed by atoms with Gasteiger partial charge in [0.15, 0.2) is 0 Å². The summed E-state index contributed by atoms with van der Waals surface area (Å²) in [5, 5.41) is 20.8. The summed E-state index contributed by atoms with van der Waals surface area (Å²) >= 11 is 0. The number of ether oxygens (including phenoxy) is 1. The molecule has 1 aliphatic heterocycles. The first-order chi connectivity index (χ1) is 9.20. The van der Waals surface area contributed by atoms with E-state index in [-0.39, 0.29) is 17.4 Å². The van der Waals surface area contributed by atoms with Gasteiger partial charge in [-0.2, -0.15) is 0 Å². The summed E-state index contributed by atoms with van der Waals surface area (Å²) in [6, 6.07) is 3.80. The minimum Gasteiger partial charge on any atom is -0.508 e. The molecular formula is C17H24O3. The molecule has 20 heavy (non-hydrogen) atoms. The second kappa shape index (κ2) is 4.14. The Kier molecular flexibility index (Phi) is 2.85. The zero-order valence-corrected chi connectivity index (χ0v) is 12.7. The Morgan fingerprint density at radius 1 is 1.35 bits per heavy atom. The van der Waals surface area contributed by atoms with Crippen molar-refractivity contribution >= 4 is 0 Å². The topological polar surface area (TPSA) is 49.7 Å². The van der Waals surface area contributed by atoms with Crippen LogP contribution in [0.4, 0.5) is 0 Å². The molecule has 1 fully saturated rings. The molecule has 3 nitrogen and oxygen atoms in total. The lowest BCUT2D eigenvalue weighted by atomic mass is 9.63. The number of aryl methyl sites for hydroxylation is 1. The Hall–Kier alpha value is -1.22. The van der Waals surface area contributed by atoms with Crippen LogP contribution in [0.2, 0.25) is 0 Å². The smallest absolute Gasteiger partial charge is 0.127 e. The van der Waals surface area contributed by atoms with Gasteiger partial charge in [-0.15, -0.1) is 0 Å². The molecule has 0 radical (unpaired) electrons. The minimum atomic E-state index is -0.738. The van der Waals surface area contributed by atoms with Crippen LogP contribution < -0.4 is 4.74 Å². The van der Waals surface area contributed by atoms with Crippen LogP contribution in [0.1, 0.15) is 57.1 Å². The molecule has 2 N–H and O–H groups in total. The summed E-state index contributed by atoms with van der Waals surface area (Å²) in [5.41, 5.74) is 0.988. The Balaban J connectivity index is 2.14. The van der Waals surface area contributed by atoms with Crippen LogP contribution in [0.25, 0.3) is 0 Å². The van der Waals surface area contributed by atoms with E-state index < -0.39 is 5.60 Å². The summed E-state index contributed by atoms with van der Waals surface area (Å²) in [7, 11) is 0. The largest absolute Gasteiger partial charge is 0.508 e. The average Bonchev–Trinajstić information content (AvgIpc) is 2.24. The highest BCUT2D eigenvalue weighted by atomic mass is 16.5. The Labute approximate surface area is 120 Å². The van der Waals surface area contributed by atoms with E-state index in [2.05, 4.69) is 6.92 Å². The fourth-order valence-corrected chi connectivity index (χ4v) is 4.08. The van der Waals surface area contributed by atoms with Crippen LogP contribution in [0.15, 0.2) is 12.1 Å². The minimum absolute atomic E-state index is 0.159. The van der Waals surface area contributed by atoms with Crippen LogP contribution in [0, 0.1) is 12.8 Å². The Bertz CT molecular complexity index is 544. The van der Waals surface area contributed by atoms with Gasteiger partial charge in [-0.1, -0.05) is 0 Å². The number of hydrogen-bond acceptors (Lipinski definition) is 3. The molecule has 0 spiro atoms. The van der Waals surface area contributed by atoms with Gasteiger partial charge >= 0.3 is 0 Å². The maximum Gasteiger partial charge on any atom is 0.127 e. The van der Waals surface area contributed by atoms with Gasteiger partial charge in [0.25, 0.3) is 0 Å². The summed E-state index contributed by atoms with van der Waals surface area (Å²) in [4.78, 5) is 0. The van der Waals surface area contributed by atoms with E-state index in [1.165, 1.54) is 0 Å². The van der Waals surface area contributed by atoms with Crippen LogP contribution in [0.3, 0.4) is 0 Å². The molecule has 0 saturated heterocycles. The first-order valence-electron chi connectivity index (χ1n) is 7.44. The average molecular weight is 276 g/mol. The van der Waals surface area contributed by atoms with Crippen LogP contribution in [-0.4, -0.2) is 21.4 Å². The molecule has 3 heteroatoms. The molecule has 1 aromatic rings. The van der Waals surface area contributed by atoms with Crippen molar-refractivity contribution in [3.8, 4) is 11.5 Å². The monoisotopic (exact) mass is 276 g/mol. The van der Waals surface area contributed by atoms with Crippen molar-refractivity contribution in [2.24, 2.45) is 5.92 Å². The number of hydrogen-bond donors (Lipinski definition) is 2. The van der Waals surface area contributed by atoms with Crippen molar-refractivity contribution in [3.05, 3.63) is 23.3 Å².